The van der Waals surface area contributed by atoms with Gasteiger partial charge in [-0.1, -0.05) is 15.9 Å². The Balaban J connectivity index is 2.39. The lowest BCUT2D eigenvalue weighted by Gasteiger charge is -2.06. The summed E-state index contributed by atoms with van der Waals surface area (Å²) in [7, 11) is 3.51. The molecule has 1 unspecified atom stereocenters. The fourth-order valence-corrected chi connectivity index (χ4v) is 2.00. The lowest BCUT2D eigenvalue weighted by atomic mass is 10.2. The first-order valence-corrected chi connectivity index (χ1v) is 6.42. The molecule has 2 aromatic rings. The van der Waals surface area contributed by atoms with Crippen LogP contribution in [0.4, 0.5) is 0 Å². The lowest BCUT2D eigenvalue weighted by molar-refractivity contribution is 0.414. The Morgan fingerprint density at radius 1 is 1.44 bits per heavy atom. The Morgan fingerprint density at radius 3 is 2.89 bits per heavy atom. The van der Waals surface area contributed by atoms with Crippen molar-refractivity contribution in [1.82, 2.24) is 10.3 Å². The van der Waals surface area contributed by atoms with Crippen LogP contribution in [0.15, 0.2) is 33.3 Å². The number of aromatic nitrogens is 1. The van der Waals surface area contributed by atoms with Crippen molar-refractivity contribution in [1.29, 1.82) is 0 Å². The largest absolute Gasteiger partial charge is 0.497 e. The first-order chi connectivity index (χ1) is 8.65. The van der Waals surface area contributed by atoms with Crippen LogP contribution < -0.4 is 10.1 Å². The van der Waals surface area contributed by atoms with E-state index in [4.69, 9.17) is 9.15 Å². The molecule has 18 heavy (non-hydrogen) atoms. The van der Waals surface area contributed by atoms with Crippen LogP contribution in [0.2, 0.25) is 0 Å². The summed E-state index contributed by atoms with van der Waals surface area (Å²) in [6.45, 7) is 2.00. The molecular weight excluding hydrogens is 296 g/mol. The zero-order chi connectivity index (χ0) is 13.1. The van der Waals surface area contributed by atoms with E-state index in [0.717, 1.165) is 21.5 Å². The van der Waals surface area contributed by atoms with Gasteiger partial charge in [0.1, 0.15) is 5.75 Å². The van der Waals surface area contributed by atoms with Gasteiger partial charge in [0, 0.05) is 10.0 Å². The van der Waals surface area contributed by atoms with Gasteiger partial charge in [-0.2, -0.15) is 0 Å². The zero-order valence-electron chi connectivity index (χ0n) is 10.5. The van der Waals surface area contributed by atoms with Gasteiger partial charge in [-0.15, -0.1) is 0 Å². The van der Waals surface area contributed by atoms with Crippen LogP contribution >= 0.6 is 15.9 Å². The Bertz CT molecular complexity index is 540. The molecule has 1 aromatic carbocycles. The third kappa shape index (κ3) is 2.57. The zero-order valence-corrected chi connectivity index (χ0v) is 12.1. The molecule has 0 aliphatic heterocycles. The second kappa shape index (κ2) is 5.54. The van der Waals surface area contributed by atoms with Crippen molar-refractivity contribution in [2.75, 3.05) is 14.2 Å². The van der Waals surface area contributed by atoms with E-state index in [9.17, 15) is 0 Å². The number of hydrogen-bond donors (Lipinski definition) is 1. The molecule has 0 saturated heterocycles. The number of ether oxygens (including phenoxy) is 1. The molecule has 0 aliphatic carbocycles. The summed E-state index contributed by atoms with van der Waals surface area (Å²) in [5, 5.41) is 3.09. The Morgan fingerprint density at radius 2 is 2.22 bits per heavy atom. The SMILES string of the molecule is CNC(C)c1ncc(-c2cc(OC)ccc2Br)o1. The number of nitrogens with one attached hydrogen (secondary N) is 1. The highest BCUT2D eigenvalue weighted by Crippen LogP contribution is 2.32. The minimum Gasteiger partial charge on any atom is -0.497 e. The molecule has 0 amide bonds. The predicted octanol–water partition coefficient (Wildman–Crippen LogP) is 3.39. The maximum Gasteiger partial charge on any atom is 0.211 e. The number of nitrogens with zero attached hydrogens (tertiary/aromatic N) is 1. The van der Waals surface area contributed by atoms with Crippen LogP contribution in [-0.2, 0) is 0 Å². The molecule has 1 aromatic heterocycles. The van der Waals surface area contributed by atoms with Gasteiger partial charge >= 0.3 is 0 Å². The molecule has 96 valence electrons. The molecule has 5 heteroatoms. The van der Waals surface area contributed by atoms with E-state index in [0.29, 0.717) is 5.89 Å². The molecule has 1 heterocycles. The van der Waals surface area contributed by atoms with Crippen LogP contribution in [0, 0.1) is 0 Å². The minimum absolute atomic E-state index is 0.0862. The molecule has 0 bridgehead atoms. The van der Waals surface area contributed by atoms with Crippen LogP contribution in [0.25, 0.3) is 11.3 Å². The van der Waals surface area contributed by atoms with Gasteiger partial charge in [0.25, 0.3) is 0 Å². The van der Waals surface area contributed by atoms with E-state index >= 15 is 0 Å². The predicted molar refractivity (Wildman–Crippen MR) is 73.7 cm³/mol. The summed E-state index contributed by atoms with van der Waals surface area (Å²) in [5.74, 6) is 2.17. The number of benzene rings is 1. The number of methoxy groups -OCH3 is 1. The van der Waals surface area contributed by atoms with Gasteiger partial charge in [-0.05, 0) is 32.2 Å². The van der Waals surface area contributed by atoms with E-state index in [2.05, 4.69) is 26.2 Å². The van der Waals surface area contributed by atoms with Gasteiger partial charge in [-0.3, -0.25) is 0 Å². The molecule has 0 fully saturated rings. The fraction of sp³-hybridized carbons (Fsp3) is 0.308. The average Bonchev–Trinajstić information content (AvgIpc) is 2.88. The van der Waals surface area contributed by atoms with Gasteiger partial charge in [0.2, 0.25) is 5.89 Å². The Labute approximate surface area is 114 Å². The fourth-order valence-electron chi connectivity index (χ4n) is 1.56. The minimum atomic E-state index is 0.0862. The van der Waals surface area contributed by atoms with E-state index in [-0.39, 0.29) is 6.04 Å². The first kappa shape index (κ1) is 13.1. The molecule has 4 nitrogen and oxygen atoms in total. The normalized spacial score (nSPS) is 12.4. The molecule has 1 atom stereocenters. The van der Waals surface area contributed by atoms with E-state index in [1.165, 1.54) is 0 Å². The standard InChI is InChI=1S/C13H15BrN2O2/c1-8(15-2)13-16-7-12(18-13)10-6-9(17-3)4-5-11(10)14/h4-8,15H,1-3H3. The maximum atomic E-state index is 5.74. The summed E-state index contributed by atoms with van der Waals surface area (Å²) in [5.41, 5.74) is 0.927. The smallest absolute Gasteiger partial charge is 0.211 e. The van der Waals surface area contributed by atoms with Crippen molar-refractivity contribution >= 4 is 15.9 Å². The maximum absolute atomic E-state index is 5.74. The third-order valence-corrected chi connectivity index (χ3v) is 3.46. The van der Waals surface area contributed by atoms with Gasteiger partial charge in [0.05, 0.1) is 19.3 Å². The number of hydrogen-bond acceptors (Lipinski definition) is 4. The van der Waals surface area contributed by atoms with Gasteiger partial charge in [-0.25, -0.2) is 4.98 Å². The molecule has 2 rings (SSSR count). The first-order valence-electron chi connectivity index (χ1n) is 5.62. The average molecular weight is 311 g/mol. The van der Waals surface area contributed by atoms with Gasteiger partial charge in [0.15, 0.2) is 5.76 Å². The summed E-state index contributed by atoms with van der Waals surface area (Å²) in [6, 6.07) is 5.82. The lowest BCUT2D eigenvalue weighted by Crippen LogP contribution is -2.12. The summed E-state index contributed by atoms with van der Waals surface area (Å²) in [4.78, 5) is 4.27. The van der Waals surface area contributed by atoms with Crippen LogP contribution in [0.5, 0.6) is 5.75 Å². The second-order valence-corrected chi connectivity index (χ2v) is 4.77. The van der Waals surface area contributed by atoms with Gasteiger partial charge < -0.3 is 14.5 Å². The van der Waals surface area contributed by atoms with E-state index in [1.54, 1.807) is 13.3 Å². The number of rotatable bonds is 4. The summed E-state index contributed by atoms with van der Waals surface area (Å²) >= 11 is 3.50. The molecule has 0 aliphatic rings. The number of oxazole rings is 1. The monoisotopic (exact) mass is 310 g/mol. The highest BCUT2D eigenvalue weighted by atomic mass is 79.9. The molecule has 1 N–H and O–H groups in total. The summed E-state index contributed by atoms with van der Waals surface area (Å²) < 4.78 is 11.9. The second-order valence-electron chi connectivity index (χ2n) is 3.92. The van der Waals surface area contributed by atoms with Crippen LogP contribution in [0.3, 0.4) is 0 Å². The third-order valence-electron chi connectivity index (χ3n) is 2.77. The molecule has 0 spiro atoms. The molecule has 0 radical (unpaired) electrons. The Hall–Kier alpha value is -1.33. The molecular formula is C13H15BrN2O2. The van der Waals surface area contributed by atoms with E-state index < -0.39 is 0 Å². The number of halogens is 1. The van der Waals surface area contributed by atoms with Crippen molar-refractivity contribution in [2.45, 2.75) is 13.0 Å². The van der Waals surface area contributed by atoms with Crippen molar-refractivity contribution in [3.05, 3.63) is 34.8 Å². The van der Waals surface area contributed by atoms with Crippen molar-refractivity contribution < 1.29 is 9.15 Å². The summed E-state index contributed by atoms with van der Waals surface area (Å²) in [6.07, 6.45) is 1.72. The van der Waals surface area contributed by atoms with Crippen molar-refractivity contribution in [2.24, 2.45) is 0 Å². The Kier molecular flexibility index (Phi) is 4.04. The highest BCUT2D eigenvalue weighted by Gasteiger charge is 2.14. The van der Waals surface area contributed by atoms with Crippen LogP contribution in [-0.4, -0.2) is 19.1 Å². The van der Waals surface area contributed by atoms with Crippen LogP contribution in [0.1, 0.15) is 18.9 Å². The quantitative estimate of drug-likeness (QED) is 0.940. The van der Waals surface area contributed by atoms with Crippen molar-refractivity contribution in [3.63, 3.8) is 0 Å². The van der Waals surface area contributed by atoms with Crippen molar-refractivity contribution in [3.8, 4) is 17.1 Å². The molecule has 0 saturated carbocycles. The topological polar surface area (TPSA) is 47.3 Å². The van der Waals surface area contributed by atoms with E-state index in [1.807, 2.05) is 32.2 Å². The highest BCUT2D eigenvalue weighted by molar-refractivity contribution is 9.10.